The van der Waals surface area contributed by atoms with Crippen LogP contribution in [0.3, 0.4) is 0 Å². The quantitative estimate of drug-likeness (QED) is 0.724. The third-order valence-corrected chi connectivity index (χ3v) is 3.16. The van der Waals surface area contributed by atoms with Crippen molar-refractivity contribution in [3.63, 3.8) is 0 Å². The maximum atomic E-state index is 9.89. The summed E-state index contributed by atoms with van der Waals surface area (Å²) in [6, 6.07) is 0. The zero-order chi connectivity index (χ0) is 9.84. The first-order valence-corrected chi connectivity index (χ1v) is 5.42. The Morgan fingerprint density at radius 3 is 2.23 bits per heavy atom. The van der Waals surface area contributed by atoms with Gasteiger partial charge in [0.25, 0.3) is 0 Å². The Kier molecular flexibility index (Phi) is 4.20. The summed E-state index contributed by atoms with van der Waals surface area (Å²) in [6.45, 7) is 3.13. The summed E-state index contributed by atoms with van der Waals surface area (Å²) in [5.74, 6) is 1.43. The summed E-state index contributed by atoms with van der Waals surface area (Å²) >= 11 is 0. The first-order valence-electron chi connectivity index (χ1n) is 5.42. The maximum absolute atomic E-state index is 9.89. The summed E-state index contributed by atoms with van der Waals surface area (Å²) in [5, 5.41) is 9.89. The highest BCUT2D eigenvalue weighted by molar-refractivity contribution is 4.76. The molecule has 0 aromatic carbocycles. The summed E-state index contributed by atoms with van der Waals surface area (Å²) in [6.07, 6.45) is 4.93. The molecule has 1 aliphatic carbocycles. The second-order valence-electron chi connectivity index (χ2n) is 4.85. The number of nitrogens with zero attached hydrogens (tertiary/aromatic N) is 1. The monoisotopic (exact) mass is 185 g/mol. The van der Waals surface area contributed by atoms with Crippen LogP contribution in [0.2, 0.25) is 0 Å². The molecule has 0 aromatic heterocycles. The van der Waals surface area contributed by atoms with Crippen molar-refractivity contribution in [2.24, 2.45) is 11.8 Å². The summed E-state index contributed by atoms with van der Waals surface area (Å²) < 4.78 is 0. The summed E-state index contributed by atoms with van der Waals surface area (Å²) in [5.41, 5.74) is 0. The van der Waals surface area contributed by atoms with E-state index >= 15 is 0 Å². The minimum absolute atomic E-state index is 0.109. The Morgan fingerprint density at radius 2 is 1.77 bits per heavy atom. The highest BCUT2D eigenvalue weighted by Crippen LogP contribution is 2.30. The minimum atomic E-state index is -0.109. The normalized spacial score (nSPS) is 32.1. The molecule has 1 fully saturated rings. The van der Waals surface area contributed by atoms with Crippen LogP contribution in [0.4, 0.5) is 0 Å². The van der Waals surface area contributed by atoms with E-state index in [1.54, 1.807) is 0 Å². The molecule has 78 valence electrons. The predicted molar refractivity (Wildman–Crippen MR) is 55.7 cm³/mol. The van der Waals surface area contributed by atoms with Gasteiger partial charge in [0.2, 0.25) is 0 Å². The highest BCUT2D eigenvalue weighted by atomic mass is 16.3. The molecule has 1 unspecified atom stereocenters. The average molecular weight is 185 g/mol. The van der Waals surface area contributed by atoms with Gasteiger partial charge in [0, 0.05) is 6.54 Å². The van der Waals surface area contributed by atoms with Crippen molar-refractivity contribution in [2.75, 3.05) is 20.6 Å². The molecule has 1 aliphatic rings. The Labute approximate surface area is 81.9 Å². The fraction of sp³-hybridized carbons (Fsp3) is 1.00. The van der Waals surface area contributed by atoms with Crippen molar-refractivity contribution in [2.45, 2.75) is 38.7 Å². The molecule has 0 heterocycles. The molecule has 0 aromatic rings. The Bertz CT molecular complexity index is 139. The zero-order valence-corrected chi connectivity index (χ0v) is 9.16. The van der Waals surface area contributed by atoms with Gasteiger partial charge in [-0.05, 0) is 38.8 Å². The molecule has 13 heavy (non-hydrogen) atoms. The molecule has 0 radical (unpaired) electrons. The SMILES string of the molecule is CC1CCC(C(O)CN(C)C)CC1. The van der Waals surface area contributed by atoms with Crippen LogP contribution < -0.4 is 0 Å². The molecule has 2 heteroatoms. The molecule has 0 spiro atoms. The Hall–Kier alpha value is -0.0800. The van der Waals surface area contributed by atoms with Crippen LogP contribution in [0, 0.1) is 11.8 Å². The van der Waals surface area contributed by atoms with Crippen molar-refractivity contribution in [3.05, 3.63) is 0 Å². The smallest absolute Gasteiger partial charge is 0.0695 e. The lowest BCUT2D eigenvalue weighted by atomic mass is 9.80. The molecule has 1 saturated carbocycles. The fourth-order valence-electron chi connectivity index (χ4n) is 2.19. The van der Waals surface area contributed by atoms with Crippen LogP contribution in [0.15, 0.2) is 0 Å². The van der Waals surface area contributed by atoms with Crippen LogP contribution in [0.5, 0.6) is 0 Å². The van der Waals surface area contributed by atoms with Gasteiger partial charge < -0.3 is 10.0 Å². The van der Waals surface area contributed by atoms with Crippen molar-refractivity contribution >= 4 is 0 Å². The number of hydrogen-bond acceptors (Lipinski definition) is 2. The van der Waals surface area contributed by atoms with E-state index in [0.717, 1.165) is 12.5 Å². The molecular formula is C11H23NO. The maximum Gasteiger partial charge on any atom is 0.0695 e. The van der Waals surface area contributed by atoms with E-state index in [1.807, 2.05) is 14.1 Å². The van der Waals surface area contributed by atoms with Gasteiger partial charge in [-0.15, -0.1) is 0 Å². The van der Waals surface area contributed by atoms with E-state index in [1.165, 1.54) is 25.7 Å². The van der Waals surface area contributed by atoms with Gasteiger partial charge in [0.05, 0.1) is 6.10 Å². The van der Waals surface area contributed by atoms with E-state index in [-0.39, 0.29) is 6.10 Å². The molecule has 1 atom stereocenters. The van der Waals surface area contributed by atoms with Crippen LogP contribution in [0.1, 0.15) is 32.6 Å². The number of rotatable bonds is 3. The van der Waals surface area contributed by atoms with Crippen LogP contribution >= 0.6 is 0 Å². The van der Waals surface area contributed by atoms with Gasteiger partial charge in [-0.2, -0.15) is 0 Å². The van der Waals surface area contributed by atoms with Gasteiger partial charge in [-0.1, -0.05) is 19.8 Å². The highest BCUT2D eigenvalue weighted by Gasteiger charge is 2.24. The fourth-order valence-corrected chi connectivity index (χ4v) is 2.19. The van der Waals surface area contributed by atoms with Gasteiger partial charge in [0.1, 0.15) is 0 Å². The van der Waals surface area contributed by atoms with Crippen LogP contribution in [0.25, 0.3) is 0 Å². The van der Waals surface area contributed by atoms with E-state index in [4.69, 9.17) is 0 Å². The van der Waals surface area contributed by atoms with Crippen molar-refractivity contribution in [3.8, 4) is 0 Å². The lowest BCUT2D eigenvalue weighted by Crippen LogP contribution is -2.34. The molecule has 0 aliphatic heterocycles. The molecule has 0 bridgehead atoms. The summed E-state index contributed by atoms with van der Waals surface area (Å²) in [4.78, 5) is 2.07. The average Bonchev–Trinajstić information content (AvgIpc) is 2.04. The second kappa shape index (κ2) is 4.97. The molecular weight excluding hydrogens is 162 g/mol. The molecule has 0 amide bonds. The van der Waals surface area contributed by atoms with E-state index in [2.05, 4.69) is 11.8 Å². The molecule has 1 N–H and O–H groups in total. The van der Waals surface area contributed by atoms with E-state index in [9.17, 15) is 5.11 Å². The second-order valence-corrected chi connectivity index (χ2v) is 4.85. The van der Waals surface area contributed by atoms with E-state index in [0.29, 0.717) is 5.92 Å². The molecule has 0 saturated heterocycles. The van der Waals surface area contributed by atoms with Gasteiger partial charge in [-0.3, -0.25) is 0 Å². The largest absolute Gasteiger partial charge is 0.392 e. The number of aliphatic hydroxyl groups excluding tert-OH is 1. The Balaban J connectivity index is 2.27. The molecule has 1 rings (SSSR count). The van der Waals surface area contributed by atoms with E-state index < -0.39 is 0 Å². The zero-order valence-electron chi connectivity index (χ0n) is 9.16. The number of hydrogen-bond donors (Lipinski definition) is 1. The van der Waals surface area contributed by atoms with Crippen molar-refractivity contribution < 1.29 is 5.11 Å². The summed E-state index contributed by atoms with van der Waals surface area (Å²) in [7, 11) is 4.04. The lowest BCUT2D eigenvalue weighted by molar-refractivity contribution is 0.0542. The topological polar surface area (TPSA) is 23.5 Å². The Morgan fingerprint density at radius 1 is 1.23 bits per heavy atom. The number of likely N-dealkylation sites (N-methyl/N-ethyl adjacent to an activating group) is 1. The first-order chi connectivity index (χ1) is 6.09. The predicted octanol–water partition coefficient (Wildman–Crippen LogP) is 1.74. The van der Waals surface area contributed by atoms with Gasteiger partial charge in [0.15, 0.2) is 0 Å². The third-order valence-electron chi connectivity index (χ3n) is 3.16. The third kappa shape index (κ3) is 3.65. The van der Waals surface area contributed by atoms with Crippen molar-refractivity contribution in [1.82, 2.24) is 4.90 Å². The van der Waals surface area contributed by atoms with Crippen LogP contribution in [-0.4, -0.2) is 36.8 Å². The molecule has 2 nitrogen and oxygen atoms in total. The first kappa shape index (κ1) is 11.0. The minimum Gasteiger partial charge on any atom is -0.392 e. The van der Waals surface area contributed by atoms with Crippen molar-refractivity contribution in [1.29, 1.82) is 0 Å². The lowest BCUT2D eigenvalue weighted by Gasteiger charge is -2.31. The van der Waals surface area contributed by atoms with Gasteiger partial charge >= 0.3 is 0 Å². The standard InChI is InChI=1S/C11H23NO/c1-9-4-6-10(7-5-9)11(13)8-12(2)3/h9-11,13H,4-8H2,1-3H3. The van der Waals surface area contributed by atoms with Crippen LogP contribution in [-0.2, 0) is 0 Å². The number of aliphatic hydroxyl groups is 1. The van der Waals surface area contributed by atoms with Gasteiger partial charge in [-0.25, -0.2) is 0 Å².